The van der Waals surface area contributed by atoms with Gasteiger partial charge >= 0.3 is 0 Å². The van der Waals surface area contributed by atoms with Gasteiger partial charge in [-0.2, -0.15) is 0 Å². The zero-order valence-electron chi connectivity index (χ0n) is 14.8. The molecular weight excluding hydrogens is 340 g/mol. The summed E-state index contributed by atoms with van der Waals surface area (Å²) in [6.45, 7) is 6.58. The van der Waals surface area contributed by atoms with Crippen molar-refractivity contribution in [3.63, 3.8) is 0 Å². The van der Waals surface area contributed by atoms with Crippen molar-refractivity contribution in [2.45, 2.75) is 18.9 Å². The summed E-state index contributed by atoms with van der Waals surface area (Å²) >= 11 is 6.03. The maximum atomic E-state index is 12.5. The van der Waals surface area contributed by atoms with Crippen LogP contribution in [0.3, 0.4) is 0 Å². The first-order valence-electron chi connectivity index (χ1n) is 8.97. The van der Waals surface area contributed by atoms with Gasteiger partial charge in [-0.05, 0) is 24.6 Å². The van der Waals surface area contributed by atoms with Crippen molar-refractivity contribution in [1.82, 2.24) is 15.1 Å². The Balaban J connectivity index is 1.45. The fourth-order valence-corrected chi connectivity index (χ4v) is 3.77. The van der Waals surface area contributed by atoms with Crippen molar-refractivity contribution < 1.29 is 9.53 Å². The van der Waals surface area contributed by atoms with Gasteiger partial charge in [-0.3, -0.25) is 9.69 Å². The van der Waals surface area contributed by atoms with Crippen molar-refractivity contribution >= 4 is 23.2 Å². The summed E-state index contributed by atoms with van der Waals surface area (Å²) in [6, 6.07) is 5.95. The fraction of sp³-hybridized carbons (Fsp3) is 0.611. The molecule has 0 radical (unpaired) electrons. The Morgan fingerprint density at radius 3 is 2.92 bits per heavy atom. The lowest BCUT2D eigenvalue weighted by molar-refractivity contribution is -0.130. The van der Waals surface area contributed by atoms with Crippen LogP contribution >= 0.6 is 11.6 Å². The van der Waals surface area contributed by atoms with E-state index in [0.29, 0.717) is 24.0 Å². The molecule has 1 aromatic rings. The number of anilines is 1. The molecule has 6 nitrogen and oxygen atoms in total. The first kappa shape index (κ1) is 18.3. The number of carbonyl (C=O) groups is 1. The van der Waals surface area contributed by atoms with Crippen molar-refractivity contribution in [3.05, 3.63) is 23.2 Å². The number of benzene rings is 1. The Labute approximate surface area is 154 Å². The molecule has 0 bridgehead atoms. The maximum Gasteiger partial charge on any atom is 0.224 e. The maximum absolute atomic E-state index is 12.5. The molecule has 1 aromatic carbocycles. The summed E-state index contributed by atoms with van der Waals surface area (Å²) in [5.41, 5.74) is 0.822. The van der Waals surface area contributed by atoms with Gasteiger partial charge < -0.3 is 20.3 Å². The highest BCUT2D eigenvalue weighted by molar-refractivity contribution is 6.30. The number of hydrogen-bond acceptors (Lipinski definition) is 5. The zero-order valence-corrected chi connectivity index (χ0v) is 15.5. The number of rotatable bonds is 6. The van der Waals surface area contributed by atoms with Gasteiger partial charge in [0.15, 0.2) is 0 Å². The molecule has 2 aliphatic rings. The average molecular weight is 367 g/mol. The Bertz CT molecular complexity index is 592. The van der Waals surface area contributed by atoms with Crippen LogP contribution in [-0.2, 0) is 4.79 Å². The van der Waals surface area contributed by atoms with E-state index in [2.05, 4.69) is 15.5 Å². The minimum atomic E-state index is 0.214. The molecule has 2 N–H and O–H groups in total. The van der Waals surface area contributed by atoms with Gasteiger partial charge in [-0.1, -0.05) is 11.6 Å². The Morgan fingerprint density at radius 1 is 1.36 bits per heavy atom. The number of nitrogens with zero attached hydrogens (tertiary/aromatic N) is 2. The number of ether oxygens (including phenoxy) is 1. The molecule has 0 aliphatic carbocycles. The van der Waals surface area contributed by atoms with Crippen LogP contribution in [0.1, 0.15) is 12.8 Å². The second-order valence-corrected chi connectivity index (χ2v) is 7.03. The standard InChI is InChI=1S/C18H27ClN4O2/c1-25-17-3-2-14(19)12-16(17)21-6-4-18(24)23-9-5-15(13-23)22-10-7-20-8-11-22/h2-3,12,15,20-21H,4-11,13H2,1H3. The number of methoxy groups -OCH3 is 1. The monoisotopic (exact) mass is 366 g/mol. The Hall–Kier alpha value is -1.50. The van der Waals surface area contributed by atoms with Crippen LogP contribution in [-0.4, -0.2) is 74.7 Å². The van der Waals surface area contributed by atoms with E-state index in [9.17, 15) is 4.79 Å². The van der Waals surface area contributed by atoms with E-state index in [1.165, 1.54) is 0 Å². The molecular formula is C18H27ClN4O2. The van der Waals surface area contributed by atoms with Crippen molar-refractivity contribution in [2.24, 2.45) is 0 Å². The van der Waals surface area contributed by atoms with Crippen LogP contribution in [0.15, 0.2) is 18.2 Å². The van der Waals surface area contributed by atoms with Crippen LogP contribution < -0.4 is 15.4 Å². The summed E-state index contributed by atoms with van der Waals surface area (Å²) in [4.78, 5) is 17.0. The van der Waals surface area contributed by atoms with Gasteiger partial charge in [-0.25, -0.2) is 0 Å². The van der Waals surface area contributed by atoms with E-state index in [1.807, 2.05) is 17.0 Å². The molecule has 1 atom stereocenters. The van der Waals surface area contributed by atoms with Gasteiger partial charge in [0.1, 0.15) is 5.75 Å². The van der Waals surface area contributed by atoms with Crippen molar-refractivity contribution in [2.75, 3.05) is 58.2 Å². The molecule has 138 valence electrons. The molecule has 2 saturated heterocycles. The molecule has 1 unspecified atom stereocenters. The quantitative estimate of drug-likeness (QED) is 0.802. The summed E-state index contributed by atoms with van der Waals surface area (Å²) in [5.74, 6) is 0.947. The zero-order chi connectivity index (χ0) is 17.6. The average Bonchev–Trinajstić information content (AvgIpc) is 3.13. The summed E-state index contributed by atoms with van der Waals surface area (Å²) in [7, 11) is 1.63. The van der Waals surface area contributed by atoms with Crippen molar-refractivity contribution in [3.8, 4) is 5.75 Å². The number of halogens is 1. The highest BCUT2D eigenvalue weighted by Gasteiger charge is 2.30. The van der Waals surface area contributed by atoms with E-state index in [1.54, 1.807) is 13.2 Å². The SMILES string of the molecule is COc1ccc(Cl)cc1NCCC(=O)N1CCC(N2CCNCC2)C1. The predicted molar refractivity (Wildman–Crippen MR) is 101 cm³/mol. The molecule has 1 amide bonds. The number of nitrogens with one attached hydrogen (secondary N) is 2. The van der Waals surface area contributed by atoms with Crippen molar-refractivity contribution in [1.29, 1.82) is 0 Å². The van der Waals surface area contributed by atoms with Gasteiger partial charge in [-0.15, -0.1) is 0 Å². The topological polar surface area (TPSA) is 56.8 Å². The second-order valence-electron chi connectivity index (χ2n) is 6.59. The molecule has 7 heteroatoms. The van der Waals surface area contributed by atoms with Gasteiger partial charge in [0, 0.05) is 63.3 Å². The van der Waals surface area contributed by atoms with Crippen LogP contribution in [0.2, 0.25) is 5.02 Å². The highest BCUT2D eigenvalue weighted by atomic mass is 35.5. The van der Waals surface area contributed by atoms with Gasteiger partial charge in [0.2, 0.25) is 5.91 Å². The van der Waals surface area contributed by atoms with Crippen LogP contribution in [0.25, 0.3) is 0 Å². The third kappa shape index (κ3) is 4.77. The third-order valence-corrected chi connectivity index (χ3v) is 5.24. The molecule has 2 heterocycles. The normalized spacial score (nSPS) is 21.4. The lowest BCUT2D eigenvalue weighted by atomic mass is 10.2. The van der Waals surface area contributed by atoms with Crippen LogP contribution in [0.5, 0.6) is 5.75 Å². The Morgan fingerprint density at radius 2 is 2.16 bits per heavy atom. The fourth-order valence-electron chi connectivity index (χ4n) is 3.59. The number of hydrogen-bond donors (Lipinski definition) is 2. The smallest absolute Gasteiger partial charge is 0.224 e. The van der Waals surface area contributed by atoms with Gasteiger partial charge in [0.05, 0.1) is 12.8 Å². The minimum absolute atomic E-state index is 0.214. The third-order valence-electron chi connectivity index (χ3n) is 5.00. The predicted octanol–water partition coefficient (Wildman–Crippen LogP) is 1.66. The number of likely N-dealkylation sites (tertiary alicyclic amines) is 1. The van der Waals surface area contributed by atoms with Crippen LogP contribution in [0, 0.1) is 0 Å². The molecule has 0 aromatic heterocycles. The molecule has 0 saturated carbocycles. The summed E-state index contributed by atoms with van der Waals surface area (Å²) in [5, 5.41) is 7.28. The van der Waals surface area contributed by atoms with Gasteiger partial charge in [0.25, 0.3) is 0 Å². The van der Waals surface area contributed by atoms with E-state index in [-0.39, 0.29) is 5.91 Å². The van der Waals surface area contributed by atoms with E-state index < -0.39 is 0 Å². The van der Waals surface area contributed by atoms with E-state index in [4.69, 9.17) is 16.3 Å². The number of amides is 1. The summed E-state index contributed by atoms with van der Waals surface area (Å²) < 4.78 is 5.31. The largest absolute Gasteiger partial charge is 0.495 e. The molecule has 25 heavy (non-hydrogen) atoms. The lowest BCUT2D eigenvalue weighted by Crippen LogP contribution is -2.49. The summed E-state index contributed by atoms with van der Waals surface area (Å²) in [6.07, 6.45) is 1.56. The molecule has 2 aliphatic heterocycles. The molecule has 0 spiro atoms. The number of carbonyl (C=O) groups excluding carboxylic acids is 1. The van der Waals surface area contributed by atoms with E-state index in [0.717, 1.165) is 57.1 Å². The molecule has 3 rings (SSSR count). The highest BCUT2D eigenvalue weighted by Crippen LogP contribution is 2.27. The first-order chi connectivity index (χ1) is 12.2. The minimum Gasteiger partial charge on any atom is -0.495 e. The van der Waals surface area contributed by atoms with E-state index >= 15 is 0 Å². The lowest BCUT2D eigenvalue weighted by Gasteiger charge is -2.32. The molecule has 2 fully saturated rings. The van der Waals surface area contributed by atoms with Crippen LogP contribution in [0.4, 0.5) is 5.69 Å². The Kier molecular flexibility index (Phi) is 6.39. The second kappa shape index (κ2) is 8.74. The first-order valence-corrected chi connectivity index (χ1v) is 9.35. The number of piperazine rings is 1.